The fourth-order valence-corrected chi connectivity index (χ4v) is 1.13. The van der Waals surface area contributed by atoms with Gasteiger partial charge in [0.2, 0.25) is 0 Å². The minimum atomic E-state index is 0.306. The average Bonchev–Trinajstić information content (AvgIpc) is 2.04. The van der Waals surface area contributed by atoms with E-state index < -0.39 is 0 Å². The fourth-order valence-electron chi connectivity index (χ4n) is 1.13. The van der Waals surface area contributed by atoms with Crippen LogP contribution >= 0.6 is 0 Å². The molecular formula is C9H18N2O. The van der Waals surface area contributed by atoms with Gasteiger partial charge in [0.05, 0.1) is 19.1 Å². The highest BCUT2D eigenvalue weighted by atomic mass is 16.5. The Morgan fingerprint density at radius 1 is 1.58 bits per heavy atom. The van der Waals surface area contributed by atoms with Crippen molar-refractivity contribution in [3.05, 3.63) is 0 Å². The third-order valence-electron chi connectivity index (χ3n) is 1.77. The minimum Gasteiger partial charge on any atom is -0.383 e. The second kappa shape index (κ2) is 7.08. The zero-order valence-corrected chi connectivity index (χ0v) is 8.13. The van der Waals surface area contributed by atoms with Gasteiger partial charge in [-0.25, -0.2) is 0 Å². The van der Waals surface area contributed by atoms with Gasteiger partial charge >= 0.3 is 0 Å². The summed E-state index contributed by atoms with van der Waals surface area (Å²) < 4.78 is 4.98. The maximum atomic E-state index is 8.49. The molecule has 0 heterocycles. The second-order valence-corrected chi connectivity index (χ2v) is 2.99. The molecule has 0 aromatic carbocycles. The van der Waals surface area contributed by atoms with Gasteiger partial charge in [-0.2, -0.15) is 5.26 Å². The highest BCUT2D eigenvalue weighted by Gasteiger charge is 2.08. The lowest BCUT2D eigenvalue weighted by Gasteiger charge is -2.19. The van der Waals surface area contributed by atoms with Gasteiger partial charge in [0.1, 0.15) is 0 Å². The van der Waals surface area contributed by atoms with Crippen molar-refractivity contribution in [2.45, 2.75) is 38.8 Å². The van der Waals surface area contributed by atoms with E-state index in [1.807, 2.05) is 0 Å². The summed E-state index contributed by atoms with van der Waals surface area (Å²) in [6, 6.07) is 2.80. The molecule has 0 radical (unpaired) electrons. The molecule has 3 heteroatoms. The van der Waals surface area contributed by atoms with E-state index in [4.69, 9.17) is 10.00 Å². The van der Waals surface area contributed by atoms with Crippen LogP contribution in [0.15, 0.2) is 0 Å². The molecule has 0 aliphatic heterocycles. The summed E-state index contributed by atoms with van der Waals surface area (Å²) in [7, 11) is 1.68. The topological polar surface area (TPSA) is 45.0 Å². The number of ether oxygens (including phenoxy) is 1. The molecular weight excluding hydrogens is 152 g/mol. The van der Waals surface area contributed by atoms with E-state index in [0.717, 1.165) is 6.42 Å². The monoisotopic (exact) mass is 170 g/mol. The maximum Gasteiger partial charge on any atom is 0.0638 e. The molecule has 0 rings (SSSR count). The Kier molecular flexibility index (Phi) is 6.73. The van der Waals surface area contributed by atoms with E-state index in [9.17, 15) is 0 Å². The summed E-state index contributed by atoms with van der Waals surface area (Å²) in [6.07, 6.45) is 1.56. The predicted molar refractivity (Wildman–Crippen MR) is 48.8 cm³/mol. The number of nitrogens with zero attached hydrogens (tertiary/aromatic N) is 1. The summed E-state index contributed by atoms with van der Waals surface area (Å²) in [5.74, 6) is 0. The molecule has 12 heavy (non-hydrogen) atoms. The van der Waals surface area contributed by atoms with E-state index >= 15 is 0 Å². The standard InChI is InChI=1S/C9H18N2O/c1-4-9(5-6-10)11-8(2)7-12-3/h8-9,11H,4-5,7H2,1-3H3. The summed E-state index contributed by atoms with van der Waals surface area (Å²) in [5, 5.41) is 11.8. The van der Waals surface area contributed by atoms with Gasteiger partial charge in [-0.1, -0.05) is 6.92 Å². The first kappa shape index (κ1) is 11.4. The molecule has 0 bridgehead atoms. The van der Waals surface area contributed by atoms with Crippen LogP contribution in [0.4, 0.5) is 0 Å². The van der Waals surface area contributed by atoms with Crippen LogP contribution in [-0.4, -0.2) is 25.8 Å². The summed E-state index contributed by atoms with van der Waals surface area (Å²) in [5.41, 5.74) is 0. The summed E-state index contributed by atoms with van der Waals surface area (Å²) in [4.78, 5) is 0. The minimum absolute atomic E-state index is 0.306. The third-order valence-corrected chi connectivity index (χ3v) is 1.77. The van der Waals surface area contributed by atoms with Crippen LogP contribution in [0.1, 0.15) is 26.7 Å². The predicted octanol–water partition coefficient (Wildman–Crippen LogP) is 1.30. The van der Waals surface area contributed by atoms with Gasteiger partial charge in [-0.15, -0.1) is 0 Å². The highest BCUT2D eigenvalue weighted by molar-refractivity contribution is 4.81. The van der Waals surface area contributed by atoms with Crippen molar-refractivity contribution in [1.29, 1.82) is 5.26 Å². The van der Waals surface area contributed by atoms with E-state index in [1.165, 1.54) is 0 Å². The number of rotatable bonds is 6. The Labute approximate surface area is 74.7 Å². The zero-order chi connectivity index (χ0) is 9.40. The molecule has 0 saturated carbocycles. The molecule has 3 nitrogen and oxygen atoms in total. The van der Waals surface area contributed by atoms with Gasteiger partial charge in [-0.05, 0) is 13.3 Å². The van der Waals surface area contributed by atoms with Gasteiger partial charge in [-0.3, -0.25) is 0 Å². The molecule has 70 valence electrons. The van der Waals surface area contributed by atoms with E-state index in [-0.39, 0.29) is 0 Å². The van der Waals surface area contributed by atoms with Crippen molar-refractivity contribution in [2.75, 3.05) is 13.7 Å². The Balaban J connectivity index is 3.62. The van der Waals surface area contributed by atoms with Gasteiger partial charge in [0.15, 0.2) is 0 Å². The summed E-state index contributed by atoms with van der Waals surface area (Å²) >= 11 is 0. The molecule has 0 aliphatic rings. The summed E-state index contributed by atoms with van der Waals surface area (Å²) in [6.45, 7) is 4.83. The Morgan fingerprint density at radius 2 is 2.25 bits per heavy atom. The third kappa shape index (κ3) is 5.11. The number of nitriles is 1. The lowest BCUT2D eigenvalue weighted by atomic mass is 10.1. The van der Waals surface area contributed by atoms with Crippen molar-refractivity contribution in [3.8, 4) is 6.07 Å². The van der Waals surface area contributed by atoms with E-state index in [0.29, 0.717) is 25.1 Å². The van der Waals surface area contributed by atoms with Crippen molar-refractivity contribution in [1.82, 2.24) is 5.32 Å². The lowest BCUT2D eigenvalue weighted by Crippen LogP contribution is -2.38. The SMILES string of the molecule is CCC(CC#N)NC(C)COC. The first-order valence-corrected chi connectivity index (χ1v) is 4.36. The smallest absolute Gasteiger partial charge is 0.0638 e. The van der Waals surface area contributed by atoms with Gasteiger partial charge < -0.3 is 10.1 Å². The van der Waals surface area contributed by atoms with Crippen LogP contribution in [0.5, 0.6) is 0 Å². The van der Waals surface area contributed by atoms with Crippen LogP contribution in [0.3, 0.4) is 0 Å². The number of methoxy groups -OCH3 is 1. The fraction of sp³-hybridized carbons (Fsp3) is 0.889. The van der Waals surface area contributed by atoms with Crippen LogP contribution in [-0.2, 0) is 4.74 Å². The van der Waals surface area contributed by atoms with Crippen molar-refractivity contribution >= 4 is 0 Å². The number of hydrogen-bond donors (Lipinski definition) is 1. The van der Waals surface area contributed by atoms with Crippen LogP contribution in [0.25, 0.3) is 0 Å². The van der Waals surface area contributed by atoms with Crippen molar-refractivity contribution in [2.24, 2.45) is 0 Å². The number of nitrogens with one attached hydrogen (secondary N) is 1. The van der Waals surface area contributed by atoms with E-state index in [2.05, 4.69) is 25.2 Å². The second-order valence-electron chi connectivity index (χ2n) is 2.99. The lowest BCUT2D eigenvalue weighted by molar-refractivity contribution is 0.166. The highest BCUT2D eigenvalue weighted by Crippen LogP contribution is 1.98. The molecule has 0 aliphatic carbocycles. The van der Waals surface area contributed by atoms with Crippen LogP contribution in [0, 0.1) is 11.3 Å². The quantitative estimate of drug-likeness (QED) is 0.653. The molecule has 0 amide bonds. The van der Waals surface area contributed by atoms with E-state index in [1.54, 1.807) is 7.11 Å². The average molecular weight is 170 g/mol. The molecule has 0 aromatic rings. The molecule has 1 N–H and O–H groups in total. The first-order chi connectivity index (χ1) is 5.74. The Bertz CT molecular complexity index is 142. The first-order valence-electron chi connectivity index (χ1n) is 4.36. The molecule has 2 atom stereocenters. The molecule has 0 aromatic heterocycles. The van der Waals surface area contributed by atoms with Gasteiger partial charge in [0, 0.05) is 19.2 Å². The largest absolute Gasteiger partial charge is 0.383 e. The number of hydrogen-bond acceptors (Lipinski definition) is 3. The van der Waals surface area contributed by atoms with Crippen LogP contribution in [0.2, 0.25) is 0 Å². The molecule has 2 unspecified atom stereocenters. The van der Waals surface area contributed by atoms with Crippen molar-refractivity contribution in [3.63, 3.8) is 0 Å². The molecule has 0 fully saturated rings. The zero-order valence-electron chi connectivity index (χ0n) is 8.13. The Morgan fingerprint density at radius 3 is 2.67 bits per heavy atom. The maximum absolute atomic E-state index is 8.49. The Hall–Kier alpha value is -0.590. The molecule has 0 spiro atoms. The molecule has 0 saturated heterocycles. The van der Waals surface area contributed by atoms with Gasteiger partial charge in [0.25, 0.3) is 0 Å². The normalized spacial score (nSPS) is 15.2. The van der Waals surface area contributed by atoms with Crippen LogP contribution < -0.4 is 5.32 Å². The van der Waals surface area contributed by atoms with Crippen molar-refractivity contribution < 1.29 is 4.74 Å².